The summed E-state index contributed by atoms with van der Waals surface area (Å²) < 4.78 is 0.590. The Morgan fingerprint density at radius 2 is 2.30 bits per heavy atom. The molecule has 0 saturated carbocycles. The highest BCUT2D eigenvalue weighted by Gasteiger charge is 2.03. The van der Waals surface area contributed by atoms with E-state index in [0.29, 0.717) is 9.26 Å². The summed E-state index contributed by atoms with van der Waals surface area (Å²) in [4.78, 5) is 7.43. The van der Waals surface area contributed by atoms with Gasteiger partial charge in [-0.1, -0.05) is 0 Å². The molecule has 0 saturated heterocycles. The van der Waals surface area contributed by atoms with Crippen molar-refractivity contribution in [3.05, 3.63) is 15.6 Å². The normalized spacial score (nSPS) is 8.80. The van der Waals surface area contributed by atoms with Gasteiger partial charge in [0.15, 0.2) is 0 Å². The lowest BCUT2D eigenvalue weighted by Crippen LogP contribution is -1.98. The van der Waals surface area contributed by atoms with Gasteiger partial charge in [-0.2, -0.15) is 5.26 Å². The van der Waals surface area contributed by atoms with E-state index in [4.69, 9.17) is 11.0 Å². The zero-order chi connectivity index (χ0) is 7.56. The third-order valence-corrected chi connectivity index (χ3v) is 1.76. The molecule has 0 aliphatic heterocycles. The highest BCUT2D eigenvalue weighted by atomic mass is 127. The Balaban J connectivity index is 3.34. The number of halogens is 1. The third-order valence-electron chi connectivity index (χ3n) is 0.942. The molecular formula is C5H3IN4. The maximum Gasteiger partial charge on any atom is 0.145 e. The number of rotatable bonds is 0. The van der Waals surface area contributed by atoms with Crippen molar-refractivity contribution in [2.24, 2.45) is 0 Å². The lowest BCUT2D eigenvalue weighted by molar-refractivity contribution is 1.13. The number of hydrogen-bond donors (Lipinski definition) is 1. The zero-order valence-electron chi connectivity index (χ0n) is 4.87. The highest BCUT2D eigenvalue weighted by Crippen LogP contribution is 2.11. The molecule has 0 aliphatic carbocycles. The van der Waals surface area contributed by atoms with Gasteiger partial charge in [0.05, 0.1) is 0 Å². The summed E-state index contributed by atoms with van der Waals surface area (Å²) >= 11 is 1.93. The fraction of sp³-hybridized carbons (Fsp3) is 0. The van der Waals surface area contributed by atoms with E-state index < -0.39 is 0 Å². The van der Waals surface area contributed by atoms with Crippen molar-refractivity contribution in [1.82, 2.24) is 9.97 Å². The van der Waals surface area contributed by atoms with Crippen molar-refractivity contribution >= 4 is 28.4 Å². The van der Waals surface area contributed by atoms with Gasteiger partial charge in [-0.15, -0.1) is 0 Å². The van der Waals surface area contributed by atoms with Gasteiger partial charge in [0, 0.05) is 0 Å². The molecule has 0 atom stereocenters. The Bertz CT molecular complexity index is 270. The Labute approximate surface area is 71.2 Å². The molecule has 0 bridgehead atoms. The maximum absolute atomic E-state index is 8.48. The van der Waals surface area contributed by atoms with Gasteiger partial charge >= 0.3 is 0 Å². The Hall–Kier alpha value is -0.900. The van der Waals surface area contributed by atoms with Crippen molar-refractivity contribution in [3.8, 4) is 6.07 Å². The lowest BCUT2D eigenvalue weighted by Gasteiger charge is -1.94. The first-order valence-electron chi connectivity index (χ1n) is 2.41. The quantitative estimate of drug-likeness (QED) is 0.535. The molecule has 1 aromatic heterocycles. The van der Waals surface area contributed by atoms with Gasteiger partial charge in [-0.05, 0) is 22.6 Å². The fourth-order valence-electron chi connectivity index (χ4n) is 0.480. The van der Waals surface area contributed by atoms with E-state index in [1.165, 1.54) is 6.33 Å². The van der Waals surface area contributed by atoms with Gasteiger partial charge in [-0.3, -0.25) is 0 Å². The van der Waals surface area contributed by atoms with Crippen LogP contribution in [-0.4, -0.2) is 9.97 Å². The molecular weight excluding hydrogens is 243 g/mol. The second kappa shape index (κ2) is 2.79. The molecule has 1 rings (SSSR count). The van der Waals surface area contributed by atoms with Crippen LogP contribution in [-0.2, 0) is 0 Å². The van der Waals surface area contributed by atoms with E-state index in [-0.39, 0.29) is 5.82 Å². The summed E-state index contributed by atoms with van der Waals surface area (Å²) in [5, 5.41) is 8.48. The molecule has 0 fully saturated rings. The lowest BCUT2D eigenvalue weighted by atomic mass is 10.3. The largest absolute Gasteiger partial charge is 0.382 e. The highest BCUT2D eigenvalue weighted by molar-refractivity contribution is 14.1. The van der Waals surface area contributed by atoms with Crippen LogP contribution >= 0.6 is 22.6 Å². The van der Waals surface area contributed by atoms with E-state index in [1.807, 2.05) is 28.7 Å². The minimum absolute atomic E-state index is 0.238. The van der Waals surface area contributed by atoms with Crippen molar-refractivity contribution in [1.29, 1.82) is 5.26 Å². The monoisotopic (exact) mass is 246 g/mol. The molecule has 4 nitrogen and oxygen atoms in total. The van der Waals surface area contributed by atoms with E-state index in [9.17, 15) is 0 Å². The van der Waals surface area contributed by atoms with Gasteiger partial charge in [0.25, 0.3) is 0 Å². The molecule has 2 N–H and O–H groups in total. The van der Waals surface area contributed by atoms with Crippen LogP contribution in [0.5, 0.6) is 0 Å². The second-order valence-corrected chi connectivity index (χ2v) is 2.56. The molecule has 1 aromatic rings. The summed E-state index contributed by atoms with van der Waals surface area (Å²) in [6.07, 6.45) is 1.33. The number of anilines is 1. The predicted molar refractivity (Wildman–Crippen MR) is 43.9 cm³/mol. The summed E-state index contributed by atoms with van der Waals surface area (Å²) in [5.41, 5.74) is 5.70. The number of aromatic nitrogens is 2. The first-order valence-corrected chi connectivity index (χ1v) is 3.49. The molecule has 0 aliphatic rings. The minimum atomic E-state index is 0.238. The number of hydrogen-bond acceptors (Lipinski definition) is 4. The molecule has 0 radical (unpaired) electrons. The van der Waals surface area contributed by atoms with Crippen LogP contribution in [0.15, 0.2) is 6.33 Å². The third kappa shape index (κ3) is 1.16. The summed E-state index contributed by atoms with van der Waals surface area (Å²) in [6.45, 7) is 0. The molecule has 1 heterocycles. The average molecular weight is 246 g/mol. The van der Waals surface area contributed by atoms with Gasteiger partial charge in [0.1, 0.15) is 27.5 Å². The smallest absolute Gasteiger partial charge is 0.145 e. The number of nitrogens with two attached hydrogens (primary N) is 1. The van der Waals surface area contributed by atoms with Gasteiger partial charge < -0.3 is 5.73 Å². The van der Waals surface area contributed by atoms with Crippen LogP contribution in [0.1, 0.15) is 5.56 Å². The molecule has 0 amide bonds. The molecule has 0 aromatic carbocycles. The first kappa shape index (κ1) is 7.21. The van der Waals surface area contributed by atoms with Crippen molar-refractivity contribution in [3.63, 3.8) is 0 Å². The topological polar surface area (TPSA) is 75.6 Å². The van der Waals surface area contributed by atoms with Crippen molar-refractivity contribution < 1.29 is 0 Å². The van der Waals surface area contributed by atoms with Crippen LogP contribution in [0.3, 0.4) is 0 Å². The van der Waals surface area contributed by atoms with Gasteiger partial charge in [0.2, 0.25) is 0 Å². The van der Waals surface area contributed by atoms with Crippen LogP contribution < -0.4 is 5.73 Å². The standard InChI is InChI=1S/C5H3IN4/c6-4-3(1-7)5(8)10-2-9-4/h2H,(H2,8,9,10). The van der Waals surface area contributed by atoms with Crippen molar-refractivity contribution in [2.45, 2.75) is 0 Å². The van der Waals surface area contributed by atoms with Crippen LogP contribution in [0.2, 0.25) is 0 Å². The van der Waals surface area contributed by atoms with Crippen LogP contribution in [0.4, 0.5) is 5.82 Å². The van der Waals surface area contributed by atoms with E-state index >= 15 is 0 Å². The predicted octanol–water partition coefficient (Wildman–Crippen LogP) is 0.535. The zero-order valence-corrected chi connectivity index (χ0v) is 7.03. The van der Waals surface area contributed by atoms with E-state index in [2.05, 4.69) is 9.97 Å². The first-order chi connectivity index (χ1) is 4.75. The molecule has 0 spiro atoms. The van der Waals surface area contributed by atoms with Crippen LogP contribution in [0, 0.1) is 15.0 Å². The molecule has 10 heavy (non-hydrogen) atoms. The Morgan fingerprint density at radius 3 is 2.70 bits per heavy atom. The number of nitrogens with zero attached hydrogens (tertiary/aromatic N) is 3. The van der Waals surface area contributed by atoms with Crippen LogP contribution in [0.25, 0.3) is 0 Å². The number of nitrogen functional groups attached to an aromatic ring is 1. The molecule has 5 heteroatoms. The molecule has 50 valence electrons. The molecule has 0 unspecified atom stereocenters. The summed E-state index contributed by atoms with van der Waals surface area (Å²) in [5.74, 6) is 0.238. The Morgan fingerprint density at radius 1 is 1.60 bits per heavy atom. The second-order valence-electron chi connectivity index (χ2n) is 1.54. The van der Waals surface area contributed by atoms with E-state index in [1.54, 1.807) is 0 Å². The van der Waals surface area contributed by atoms with Gasteiger partial charge in [-0.25, -0.2) is 9.97 Å². The maximum atomic E-state index is 8.48. The summed E-state index contributed by atoms with van der Waals surface area (Å²) in [6, 6.07) is 1.91. The average Bonchev–Trinajstić information content (AvgIpc) is 1.88. The summed E-state index contributed by atoms with van der Waals surface area (Å²) in [7, 11) is 0. The van der Waals surface area contributed by atoms with Crippen molar-refractivity contribution in [2.75, 3.05) is 5.73 Å². The Kier molecular flexibility index (Phi) is 2.01. The van der Waals surface area contributed by atoms with E-state index in [0.717, 1.165) is 0 Å². The SMILES string of the molecule is N#Cc1c(N)ncnc1I. The number of nitriles is 1. The minimum Gasteiger partial charge on any atom is -0.382 e. The fourth-order valence-corrected chi connectivity index (χ4v) is 1.00.